The number of phenolic OH excluding ortho intramolecular Hbond substituents is 1. The molecule has 0 unspecified atom stereocenters. The fraction of sp³-hybridized carbons (Fsp3) is 0.125. The third-order valence-corrected chi connectivity index (χ3v) is 3.38. The number of benzene rings is 2. The van der Waals surface area contributed by atoms with E-state index in [0.717, 1.165) is 17.7 Å². The van der Waals surface area contributed by atoms with Crippen LogP contribution in [0.5, 0.6) is 5.75 Å². The van der Waals surface area contributed by atoms with Crippen LogP contribution in [0.2, 0.25) is 0 Å². The molecular formula is C16H16N2O. The van der Waals surface area contributed by atoms with Crippen LogP contribution in [0.1, 0.15) is 11.1 Å². The van der Waals surface area contributed by atoms with Crippen LogP contribution in [0.25, 0.3) is 10.9 Å². The highest BCUT2D eigenvalue weighted by Crippen LogP contribution is 2.21. The lowest BCUT2D eigenvalue weighted by Gasteiger charge is -2.09. The first-order valence-electron chi connectivity index (χ1n) is 6.32. The highest BCUT2D eigenvalue weighted by Gasteiger charge is 2.06. The Labute approximate surface area is 111 Å². The van der Waals surface area contributed by atoms with Gasteiger partial charge in [0.25, 0.3) is 0 Å². The van der Waals surface area contributed by atoms with E-state index >= 15 is 0 Å². The van der Waals surface area contributed by atoms with Gasteiger partial charge in [-0.15, -0.1) is 0 Å². The number of nitrogens with zero attached hydrogens (tertiary/aromatic N) is 1. The molecule has 3 aromatic rings. The molecule has 1 heterocycles. The largest absolute Gasteiger partial charge is 0.508 e. The summed E-state index contributed by atoms with van der Waals surface area (Å²) in [6.07, 6.45) is 2.08. The van der Waals surface area contributed by atoms with E-state index < -0.39 is 0 Å². The summed E-state index contributed by atoms with van der Waals surface area (Å²) in [6, 6.07) is 15.6. The summed E-state index contributed by atoms with van der Waals surface area (Å²) in [6.45, 7) is 1.32. The lowest BCUT2D eigenvalue weighted by atomic mass is 10.1. The van der Waals surface area contributed by atoms with Crippen molar-refractivity contribution in [1.82, 2.24) is 4.57 Å². The molecule has 0 radical (unpaired) electrons. The second kappa shape index (κ2) is 4.78. The maximum Gasteiger partial charge on any atom is 0.115 e. The molecule has 19 heavy (non-hydrogen) atoms. The Morgan fingerprint density at radius 2 is 1.79 bits per heavy atom. The molecule has 3 N–H and O–H groups in total. The van der Waals surface area contributed by atoms with E-state index in [4.69, 9.17) is 5.73 Å². The Hall–Kier alpha value is -2.26. The summed E-state index contributed by atoms with van der Waals surface area (Å²) in [4.78, 5) is 0. The van der Waals surface area contributed by atoms with Crippen molar-refractivity contribution in [3.05, 3.63) is 65.9 Å². The number of hydrogen-bond donors (Lipinski definition) is 2. The zero-order valence-electron chi connectivity index (χ0n) is 10.6. The molecule has 1 aromatic heterocycles. The predicted molar refractivity (Wildman–Crippen MR) is 77.0 cm³/mol. The number of nitrogens with two attached hydrogens (primary N) is 1. The minimum atomic E-state index is 0.295. The SMILES string of the molecule is NCc1cccc2ccn(Cc3ccc(O)cc3)c12. The number of hydrogen-bond acceptors (Lipinski definition) is 2. The predicted octanol–water partition coefficient (Wildman–Crippen LogP) is 2.85. The number of aromatic hydroxyl groups is 1. The first-order chi connectivity index (χ1) is 9.28. The Bertz CT molecular complexity index is 698. The van der Waals surface area contributed by atoms with Gasteiger partial charge in [0.1, 0.15) is 5.75 Å². The first-order valence-corrected chi connectivity index (χ1v) is 6.32. The van der Waals surface area contributed by atoms with Crippen LogP contribution in [0.3, 0.4) is 0 Å². The molecule has 3 heteroatoms. The summed E-state index contributed by atoms with van der Waals surface area (Å²) in [7, 11) is 0. The molecule has 3 nitrogen and oxygen atoms in total. The van der Waals surface area contributed by atoms with Gasteiger partial charge in [-0.05, 0) is 34.7 Å². The fourth-order valence-corrected chi connectivity index (χ4v) is 2.44. The van der Waals surface area contributed by atoms with Crippen LogP contribution in [0.15, 0.2) is 54.7 Å². The van der Waals surface area contributed by atoms with Gasteiger partial charge in [-0.25, -0.2) is 0 Å². The smallest absolute Gasteiger partial charge is 0.115 e. The molecule has 0 aliphatic rings. The van der Waals surface area contributed by atoms with Gasteiger partial charge in [0.05, 0.1) is 5.52 Å². The van der Waals surface area contributed by atoms with Gasteiger partial charge in [-0.1, -0.05) is 30.3 Å². The first kappa shape index (κ1) is 11.8. The van der Waals surface area contributed by atoms with Crippen molar-refractivity contribution in [2.24, 2.45) is 5.73 Å². The summed E-state index contributed by atoms with van der Waals surface area (Å²) in [5.74, 6) is 0.295. The van der Waals surface area contributed by atoms with Crippen molar-refractivity contribution in [2.75, 3.05) is 0 Å². The second-order valence-electron chi connectivity index (χ2n) is 4.67. The van der Waals surface area contributed by atoms with E-state index in [1.165, 1.54) is 10.9 Å². The van der Waals surface area contributed by atoms with Crippen LogP contribution in [0.4, 0.5) is 0 Å². The van der Waals surface area contributed by atoms with Crippen molar-refractivity contribution in [1.29, 1.82) is 0 Å². The van der Waals surface area contributed by atoms with E-state index in [0.29, 0.717) is 12.3 Å². The normalized spacial score (nSPS) is 11.0. The maximum atomic E-state index is 9.31. The zero-order valence-corrected chi connectivity index (χ0v) is 10.6. The second-order valence-corrected chi connectivity index (χ2v) is 4.67. The maximum absolute atomic E-state index is 9.31. The van der Waals surface area contributed by atoms with Gasteiger partial charge in [-0.2, -0.15) is 0 Å². The van der Waals surface area contributed by atoms with Crippen molar-refractivity contribution in [3.8, 4) is 5.75 Å². The molecule has 3 rings (SSSR count). The van der Waals surface area contributed by atoms with Crippen molar-refractivity contribution < 1.29 is 5.11 Å². The summed E-state index contributed by atoms with van der Waals surface area (Å²) in [5, 5.41) is 10.5. The molecule has 0 atom stereocenters. The number of para-hydroxylation sites is 1. The topological polar surface area (TPSA) is 51.2 Å². The van der Waals surface area contributed by atoms with E-state index in [1.807, 2.05) is 18.2 Å². The Kier molecular flexibility index (Phi) is 2.97. The van der Waals surface area contributed by atoms with E-state index in [2.05, 4.69) is 29.0 Å². The van der Waals surface area contributed by atoms with Gasteiger partial charge in [0.15, 0.2) is 0 Å². The lowest BCUT2D eigenvalue weighted by molar-refractivity contribution is 0.475. The van der Waals surface area contributed by atoms with Crippen LogP contribution >= 0.6 is 0 Å². The lowest BCUT2D eigenvalue weighted by Crippen LogP contribution is -2.03. The number of phenols is 1. The third-order valence-electron chi connectivity index (χ3n) is 3.38. The highest BCUT2D eigenvalue weighted by molar-refractivity contribution is 5.83. The van der Waals surface area contributed by atoms with E-state index in [9.17, 15) is 5.11 Å². The summed E-state index contributed by atoms with van der Waals surface area (Å²) >= 11 is 0. The van der Waals surface area contributed by atoms with Gasteiger partial charge >= 0.3 is 0 Å². The minimum absolute atomic E-state index is 0.295. The number of rotatable bonds is 3. The fourth-order valence-electron chi connectivity index (χ4n) is 2.44. The van der Waals surface area contributed by atoms with Crippen molar-refractivity contribution in [2.45, 2.75) is 13.1 Å². The standard InChI is InChI=1S/C16H16N2O/c17-10-14-3-1-2-13-8-9-18(16(13)14)11-12-4-6-15(19)7-5-12/h1-9,19H,10-11,17H2. The van der Waals surface area contributed by atoms with Gasteiger partial charge < -0.3 is 15.4 Å². The van der Waals surface area contributed by atoms with Gasteiger partial charge in [0, 0.05) is 19.3 Å². The molecule has 0 bridgehead atoms. The third kappa shape index (κ3) is 2.20. The molecule has 0 aliphatic heterocycles. The Morgan fingerprint density at radius 1 is 1.00 bits per heavy atom. The van der Waals surface area contributed by atoms with Crippen LogP contribution in [-0.2, 0) is 13.1 Å². The number of aromatic nitrogens is 1. The molecule has 0 saturated heterocycles. The van der Waals surface area contributed by atoms with E-state index in [-0.39, 0.29) is 0 Å². The molecule has 0 aliphatic carbocycles. The zero-order chi connectivity index (χ0) is 13.2. The Morgan fingerprint density at radius 3 is 2.53 bits per heavy atom. The minimum Gasteiger partial charge on any atom is -0.508 e. The molecule has 0 spiro atoms. The monoisotopic (exact) mass is 252 g/mol. The molecule has 0 amide bonds. The molecule has 0 fully saturated rings. The molecule has 0 saturated carbocycles. The van der Waals surface area contributed by atoms with Gasteiger partial charge in [0.2, 0.25) is 0 Å². The van der Waals surface area contributed by atoms with Crippen LogP contribution in [0, 0.1) is 0 Å². The van der Waals surface area contributed by atoms with Gasteiger partial charge in [-0.3, -0.25) is 0 Å². The highest BCUT2D eigenvalue weighted by atomic mass is 16.3. The quantitative estimate of drug-likeness (QED) is 0.753. The van der Waals surface area contributed by atoms with Crippen LogP contribution < -0.4 is 5.73 Å². The molecule has 96 valence electrons. The summed E-state index contributed by atoms with van der Waals surface area (Å²) in [5.41, 5.74) is 9.31. The average Bonchev–Trinajstić information content (AvgIpc) is 2.85. The van der Waals surface area contributed by atoms with Crippen molar-refractivity contribution >= 4 is 10.9 Å². The molecule has 2 aromatic carbocycles. The Balaban J connectivity index is 2.03. The van der Waals surface area contributed by atoms with Crippen LogP contribution in [-0.4, -0.2) is 9.67 Å². The van der Waals surface area contributed by atoms with E-state index in [1.54, 1.807) is 12.1 Å². The van der Waals surface area contributed by atoms with Crippen molar-refractivity contribution in [3.63, 3.8) is 0 Å². The molecular weight excluding hydrogens is 236 g/mol. The number of fused-ring (bicyclic) bond motifs is 1. The summed E-state index contributed by atoms with van der Waals surface area (Å²) < 4.78 is 2.20. The average molecular weight is 252 g/mol.